The fourth-order valence-electron chi connectivity index (χ4n) is 2.05. The first kappa shape index (κ1) is 16.9. The molecule has 8 heteroatoms. The number of hydrogen-bond acceptors (Lipinski definition) is 4. The zero-order valence-electron chi connectivity index (χ0n) is 12.6. The van der Waals surface area contributed by atoms with Crippen molar-refractivity contribution < 1.29 is 19.5 Å². The second-order valence-corrected chi connectivity index (χ2v) is 4.96. The number of primary amides is 1. The lowest BCUT2D eigenvalue weighted by Gasteiger charge is -2.17. The van der Waals surface area contributed by atoms with Gasteiger partial charge in [0.25, 0.3) is 5.91 Å². The number of carbonyl (C=O) groups is 3. The Morgan fingerprint density at radius 2 is 1.83 bits per heavy atom. The number of carboxylic acids is 1. The summed E-state index contributed by atoms with van der Waals surface area (Å²) in [4.78, 5) is 37.8. The summed E-state index contributed by atoms with van der Waals surface area (Å²) < 4.78 is 0. The number of nitrogens with two attached hydrogens (primary N) is 1. The number of rotatable bonds is 6. The lowest BCUT2D eigenvalue weighted by Crippen LogP contribution is -2.33. The highest BCUT2D eigenvalue weighted by molar-refractivity contribution is 5.92. The minimum atomic E-state index is -1.03. The molecule has 0 aliphatic rings. The zero-order valence-corrected chi connectivity index (χ0v) is 12.6. The van der Waals surface area contributed by atoms with Gasteiger partial charge in [-0.05, 0) is 17.7 Å². The van der Waals surface area contributed by atoms with Gasteiger partial charge in [0.15, 0.2) is 0 Å². The van der Waals surface area contributed by atoms with Gasteiger partial charge in [-0.1, -0.05) is 30.3 Å². The van der Waals surface area contributed by atoms with E-state index in [2.05, 4.69) is 15.6 Å². The average Bonchev–Trinajstić information content (AvgIpc) is 2.55. The van der Waals surface area contributed by atoms with E-state index in [1.165, 1.54) is 18.3 Å². The van der Waals surface area contributed by atoms with Crippen LogP contribution in [0.1, 0.15) is 28.5 Å². The highest BCUT2D eigenvalue weighted by Crippen LogP contribution is 2.17. The van der Waals surface area contributed by atoms with Gasteiger partial charge >= 0.3 is 12.0 Å². The largest absolute Gasteiger partial charge is 0.481 e. The van der Waals surface area contributed by atoms with Crippen LogP contribution in [-0.4, -0.2) is 28.0 Å². The van der Waals surface area contributed by atoms with Crippen molar-refractivity contribution >= 4 is 23.6 Å². The van der Waals surface area contributed by atoms with Crippen molar-refractivity contribution in [2.24, 2.45) is 5.73 Å². The molecule has 124 valence electrons. The summed E-state index contributed by atoms with van der Waals surface area (Å²) >= 11 is 0. The van der Waals surface area contributed by atoms with Crippen molar-refractivity contribution in [3.8, 4) is 0 Å². The minimum absolute atomic E-state index is 0.0778. The molecular weight excluding hydrogens is 312 g/mol. The predicted molar refractivity (Wildman–Crippen MR) is 86.3 cm³/mol. The van der Waals surface area contributed by atoms with Gasteiger partial charge in [-0.3, -0.25) is 9.59 Å². The van der Waals surface area contributed by atoms with Crippen molar-refractivity contribution in [2.75, 3.05) is 5.32 Å². The summed E-state index contributed by atoms with van der Waals surface area (Å²) in [5.74, 6) is -1.70. The molecule has 0 fully saturated rings. The Kier molecular flexibility index (Phi) is 5.45. The van der Waals surface area contributed by atoms with Crippen molar-refractivity contribution in [3.05, 3.63) is 59.9 Å². The van der Waals surface area contributed by atoms with Crippen molar-refractivity contribution in [1.82, 2.24) is 10.3 Å². The maximum absolute atomic E-state index is 12.1. The lowest BCUT2D eigenvalue weighted by molar-refractivity contribution is -0.137. The van der Waals surface area contributed by atoms with E-state index >= 15 is 0 Å². The molecule has 1 atom stereocenters. The van der Waals surface area contributed by atoms with Gasteiger partial charge in [0.05, 0.1) is 24.3 Å². The third-order valence-electron chi connectivity index (χ3n) is 3.16. The SMILES string of the molecule is NC(=O)c1ccc(NC(=O)NC(CC(=O)O)c2ccccc2)cn1. The van der Waals surface area contributed by atoms with Crippen LogP contribution in [-0.2, 0) is 4.79 Å². The van der Waals surface area contributed by atoms with Gasteiger partial charge in [0, 0.05) is 0 Å². The molecule has 5 N–H and O–H groups in total. The Balaban J connectivity index is 2.04. The number of aromatic nitrogens is 1. The van der Waals surface area contributed by atoms with Crippen LogP contribution in [0.4, 0.5) is 10.5 Å². The van der Waals surface area contributed by atoms with E-state index in [-0.39, 0.29) is 12.1 Å². The molecule has 2 aromatic rings. The van der Waals surface area contributed by atoms with Crippen LogP contribution in [0.25, 0.3) is 0 Å². The molecule has 0 bridgehead atoms. The maximum atomic E-state index is 12.1. The van der Waals surface area contributed by atoms with E-state index in [0.717, 1.165) is 0 Å². The molecule has 1 heterocycles. The van der Waals surface area contributed by atoms with Crippen LogP contribution in [0.5, 0.6) is 0 Å². The van der Waals surface area contributed by atoms with E-state index in [4.69, 9.17) is 10.8 Å². The van der Waals surface area contributed by atoms with Gasteiger partial charge in [-0.15, -0.1) is 0 Å². The summed E-state index contributed by atoms with van der Waals surface area (Å²) in [5, 5.41) is 14.1. The van der Waals surface area contributed by atoms with E-state index in [0.29, 0.717) is 11.3 Å². The normalized spacial score (nSPS) is 11.3. The molecule has 8 nitrogen and oxygen atoms in total. The van der Waals surface area contributed by atoms with E-state index < -0.39 is 23.9 Å². The Labute approximate surface area is 137 Å². The van der Waals surface area contributed by atoms with E-state index in [9.17, 15) is 14.4 Å². The number of carboxylic acid groups (broad SMARTS) is 1. The molecule has 0 aliphatic carbocycles. The molecule has 0 saturated heterocycles. The number of nitrogens with one attached hydrogen (secondary N) is 2. The van der Waals surface area contributed by atoms with Crippen LogP contribution >= 0.6 is 0 Å². The summed E-state index contributed by atoms with van der Waals surface area (Å²) in [7, 11) is 0. The van der Waals surface area contributed by atoms with Crippen molar-refractivity contribution in [3.63, 3.8) is 0 Å². The maximum Gasteiger partial charge on any atom is 0.319 e. The number of benzene rings is 1. The molecule has 24 heavy (non-hydrogen) atoms. The first-order chi connectivity index (χ1) is 11.5. The Bertz CT molecular complexity index is 732. The molecular formula is C16H16N4O4. The number of anilines is 1. The lowest BCUT2D eigenvalue weighted by atomic mass is 10.0. The van der Waals surface area contributed by atoms with Gasteiger partial charge in [0.1, 0.15) is 5.69 Å². The standard InChI is InChI=1S/C16H16N4O4/c17-15(23)12-7-6-11(9-18-12)19-16(24)20-13(8-14(21)22)10-4-2-1-3-5-10/h1-7,9,13H,8H2,(H2,17,23)(H,21,22)(H2,19,20,24). The first-order valence-corrected chi connectivity index (χ1v) is 7.06. The van der Waals surface area contributed by atoms with Crippen molar-refractivity contribution in [1.29, 1.82) is 0 Å². The summed E-state index contributed by atoms with van der Waals surface area (Å²) in [6.07, 6.45) is 1.03. The molecule has 0 saturated carbocycles. The fraction of sp³-hybridized carbons (Fsp3) is 0.125. The van der Waals surface area contributed by atoms with E-state index in [1.807, 2.05) is 0 Å². The van der Waals surface area contributed by atoms with Gasteiger partial charge in [-0.2, -0.15) is 0 Å². The first-order valence-electron chi connectivity index (χ1n) is 7.06. The van der Waals surface area contributed by atoms with Gasteiger partial charge in [0.2, 0.25) is 0 Å². The monoisotopic (exact) mass is 328 g/mol. The fourth-order valence-corrected chi connectivity index (χ4v) is 2.05. The second kappa shape index (κ2) is 7.73. The number of aliphatic carboxylic acids is 1. The molecule has 2 rings (SSSR count). The van der Waals surface area contributed by atoms with Crippen LogP contribution in [0.2, 0.25) is 0 Å². The second-order valence-electron chi connectivity index (χ2n) is 4.96. The molecule has 1 unspecified atom stereocenters. The predicted octanol–water partition coefficient (Wildman–Crippen LogP) is 1.52. The van der Waals surface area contributed by atoms with Crippen LogP contribution in [0.15, 0.2) is 48.7 Å². The molecule has 1 aromatic heterocycles. The minimum Gasteiger partial charge on any atom is -0.481 e. The summed E-state index contributed by atoms with van der Waals surface area (Å²) in [5.41, 5.74) is 6.19. The third kappa shape index (κ3) is 4.80. The highest BCUT2D eigenvalue weighted by Gasteiger charge is 2.18. The number of nitrogens with zero attached hydrogens (tertiary/aromatic N) is 1. The number of amides is 3. The molecule has 0 radical (unpaired) electrons. The van der Waals surface area contributed by atoms with Gasteiger partial charge in [-0.25, -0.2) is 9.78 Å². The van der Waals surface area contributed by atoms with E-state index in [1.54, 1.807) is 30.3 Å². The number of urea groups is 1. The molecule has 3 amide bonds. The Morgan fingerprint density at radius 3 is 2.38 bits per heavy atom. The highest BCUT2D eigenvalue weighted by atomic mass is 16.4. The van der Waals surface area contributed by atoms with Crippen molar-refractivity contribution in [2.45, 2.75) is 12.5 Å². The zero-order chi connectivity index (χ0) is 17.5. The molecule has 0 spiro atoms. The molecule has 0 aliphatic heterocycles. The summed E-state index contributed by atoms with van der Waals surface area (Å²) in [6, 6.07) is 10.4. The van der Waals surface area contributed by atoms with Crippen LogP contribution < -0.4 is 16.4 Å². The van der Waals surface area contributed by atoms with Gasteiger partial charge < -0.3 is 21.5 Å². The van der Waals surface area contributed by atoms with Crippen LogP contribution in [0, 0.1) is 0 Å². The Morgan fingerprint density at radius 1 is 1.12 bits per heavy atom. The smallest absolute Gasteiger partial charge is 0.319 e. The Hall–Kier alpha value is -3.42. The number of hydrogen-bond donors (Lipinski definition) is 4. The number of pyridine rings is 1. The molecule has 1 aromatic carbocycles. The third-order valence-corrected chi connectivity index (χ3v) is 3.16. The number of carbonyl (C=O) groups excluding carboxylic acids is 2. The quantitative estimate of drug-likeness (QED) is 0.637. The topological polar surface area (TPSA) is 134 Å². The average molecular weight is 328 g/mol. The summed E-state index contributed by atoms with van der Waals surface area (Å²) in [6.45, 7) is 0. The van der Waals surface area contributed by atoms with Crippen LogP contribution in [0.3, 0.4) is 0 Å².